The number of piperazine rings is 1. The van der Waals surface area contributed by atoms with E-state index >= 15 is 0 Å². The zero-order chi connectivity index (χ0) is 16.8. The number of nitrogens with one attached hydrogen (secondary N) is 1. The second-order valence-corrected chi connectivity index (χ2v) is 5.95. The standard InChI is InChI=1S/C15H19Cl2N3O3/c1-2-23-15(22)20-5-3-19(4-6-20)14(21)10-18-13-8-11(16)7-12(17)9-13/h7-9,18H,2-6,10H2,1H3. The Hall–Kier alpha value is -1.66. The fraction of sp³-hybridized carbons (Fsp3) is 0.467. The molecule has 0 bridgehead atoms. The predicted molar refractivity (Wildman–Crippen MR) is 90.1 cm³/mol. The van der Waals surface area contributed by atoms with Crippen LogP contribution in [0.2, 0.25) is 10.0 Å². The lowest BCUT2D eigenvalue weighted by Gasteiger charge is -2.34. The molecule has 0 saturated carbocycles. The summed E-state index contributed by atoms with van der Waals surface area (Å²) in [5.41, 5.74) is 0.695. The monoisotopic (exact) mass is 359 g/mol. The maximum absolute atomic E-state index is 12.2. The Bertz CT molecular complexity index is 555. The normalized spacial score (nSPS) is 14.6. The largest absolute Gasteiger partial charge is 0.450 e. The van der Waals surface area contributed by atoms with Crippen LogP contribution in [0, 0.1) is 0 Å². The SMILES string of the molecule is CCOC(=O)N1CCN(C(=O)CNc2cc(Cl)cc(Cl)c2)CC1. The molecule has 1 aliphatic heterocycles. The van der Waals surface area contributed by atoms with Crippen molar-refractivity contribution < 1.29 is 14.3 Å². The molecule has 1 fully saturated rings. The zero-order valence-corrected chi connectivity index (χ0v) is 14.4. The lowest BCUT2D eigenvalue weighted by Crippen LogP contribution is -2.51. The maximum atomic E-state index is 12.2. The highest BCUT2D eigenvalue weighted by atomic mass is 35.5. The molecule has 0 atom stereocenters. The van der Waals surface area contributed by atoms with E-state index in [-0.39, 0.29) is 18.5 Å². The van der Waals surface area contributed by atoms with Crippen LogP contribution in [0.25, 0.3) is 0 Å². The molecule has 1 saturated heterocycles. The topological polar surface area (TPSA) is 61.9 Å². The molecule has 1 aliphatic rings. The van der Waals surface area contributed by atoms with Gasteiger partial charge in [-0.2, -0.15) is 0 Å². The number of carbonyl (C=O) groups excluding carboxylic acids is 2. The van der Waals surface area contributed by atoms with Gasteiger partial charge >= 0.3 is 6.09 Å². The van der Waals surface area contributed by atoms with E-state index in [9.17, 15) is 9.59 Å². The average Bonchev–Trinajstić information content (AvgIpc) is 2.52. The number of hydrogen-bond donors (Lipinski definition) is 1. The summed E-state index contributed by atoms with van der Waals surface area (Å²) in [6, 6.07) is 5.05. The summed E-state index contributed by atoms with van der Waals surface area (Å²) in [5, 5.41) is 4.03. The van der Waals surface area contributed by atoms with Gasteiger partial charge in [-0.25, -0.2) is 4.79 Å². The summed E-state index contributed by atoms with van der Waals surface area (Å²) < 4.78 is 4.95. The van der Waals surface area contributed by atoms with Gasteiger partial charge in [-0.1, -0.05) is 23.2 Å². The average molecular weight is 360 g/mol. The van der Waals surface area contributed by atoms with Crippen molar-refractivity contribution in [3.05, 3.63) is 28.2 Å². The Morgan fingerprint density at radius 2 is 1.65 bits per heavy atom. The van der Waals surface area contributed by atoms with Crippen LogP contribution >= 0.6 is 23.2 Å². The molecular formula is C15H19Cl2N3O3. The number of amides is 2. The maximum Gasteiger partial charge on any atom is 0.409 e. The van der Waals surface area contributed by atoms with Crippen molar-refractivity contribution in [3.63, 3.8) is 0 Å². The van der Waals surface area contributed by atoms with Gasteiger partial charge in [0.1, 0.15) is 0 Å². The van der Waals surface area contributed by atoms with Crippen LogP contribution in [0.15, 0.2) is 18.2 Å². The molecule has 1 heterocycles. The Labute approximate surface area is 145 Å². The van der Waals surface area contributed by atoms with Gasteiger partial charge in [0.05, 0.1) is 13.2 Å². The molecular weight excluding hydrogens is 341 g/mol. The van der Waals surface area contributed by atoms with Crippen molar-refractivity contribution >= 4 is 40.9 Å². The first-order valence-electron chi connectivity index (χ1n) is 7.39. The van der Waals surface area contributed by atoms with Crippen molar-refractivity contribution in [3.8, 4) is 0 Å². The molecule has 0 aromatic heterocycles. The van der Waals surface area contributed by atoms with E-state index in [1.54, 1.807) is 34.9 Å². The molecule has 6 nitrogen and oxygen atoms in total. The summed E-state index contributed by atoms with van der Waals surface area (Å²) in [6.45, 7) is 4.22. The predicted octanol–water partition coefficient (Wildman–Crippen LogP) is 2.71. The lowest BCUT2D eigenvalue weighted by atomic mass is 10.3. The first kappa shape index (κ1) is 17.7. The number of hydrogen-bond acceptors (Lipinski definition) is 4. The molecule has 8 heteroatoms. The number of rotatable bonds is 4. The molecule has 1 aromatic carbocycles. The van der Waals surface area contributed by atoms with Gasteiger partial charge in [0.15, 0.2) is 0 Å². The minimum Gasteiger partial charge on any atom is -0.450 e. The van der Waals surface area contributed by atoms with Crippen molar-refractivity contribution in [1.29, 1.82) is 0 Å². The van der Waals surface area contributed by atoms with Crippen LogP contribution in [-0.2, 0) is 9.53 Å². The highest BCUT2D eigenvalue weighted by Crippen LogP contribution is 2.22. The van der Waals surface area contributed by atoms with Crippen molar-refractivity contribution in [2.45, 2.75) is 6.92 Å². The molecule has 2 amide bonds. The summed E-state index contributed by atoms with van der Waals surface area (Å²) in [6.07, 6.45) is -0.328. The third-order valence-electron chi connectivity index (χ3n) is 3.46. The molecule has 0 unspecified atom stereocenters. The molecule has 0 spiro atoms. The highest BCUT2D eigenvalue weighted by Gasteiger charge is 2.24. The van der Waals surface area contributed by atoms with Gasteiger partial charge in [-0.3, -0.25) is 4.79 Å². The Kier molecular flexibility index (Phi) is 6.36. The smallest absolute Gasteiger partial charge is 0.409 e. The van der Waals surface area contributed by atoms with Gasteiger partial charge in [-0.05, 0) is 25.1 Å². The van der Waals surface area contributed by atoms with Gasteiger partial charge in [0.25, 0.3) is 0 Å². The second-order valence-electron chi connectivity index (χ2n) is 5.08. The Morgan fingerprint density at radius 3 is 2.22 bits per heavy atom. The highest BCUT2D eigenvalue weighted by molar-refractivity contribution is 6.35. The van der Waals surface area contributed by atoms with E-state index in [0.717, 1.165) is 0 Å². The molecule has 0 radical (unpaired) electrons. The van der Waals surface area contributed by atoms with E-state index in [1.165, 1.54) is 0 Å². The van der Waals surface area contributed by atoms with Crippen molar-refractivity contribution in [2.75, 3.05) is 44.6 Å². The van der Waals surface area contributed by atoms with E-state index in [2.05, 4.69) is 5.32 Å². The first-order chi connectivity index (χ1) is 11.0. The number of ether oxygens (including phenoxy) is 1. The first-order valence-corrected chi connectivity index (χ1v) is 8.14. The summed E-state index contributed by atoms with van der Waals surface area (Å²) in [5.74, 6) is -0.0374. The van der Waals surface area contributed by atoms with Crippen LogP contribution in [0.5, 0.6) is 0 Å². The zero-order valence-electron chi connectivity index (χ0n) is 12.8. The van der Waals surface area contributed by atoms with Gasteiger partial charge in [0, 0.05) is 41.9 Å². The van der Waals surface area contributed by atoms with E-state index in [4.69, 9.17) is 27.9 Å². The summed E-state index contributed by atoms with van der Waals surface area (Å²) in [4.78, 5) is 27.1. The molecule has 0 aliphatic carbocycles. The van der Waals surface area contributed by atoms with E-state index < -0.39 is 0 Å². The van der Waals surface area contributed by atoms with Crippen LogP contribution in [0.4, 0.5) is 10.5 Å². The van der Waals surface area contributed by atoms with Crippen LogP contribution in [0.3, 0.4) is 0 Å². The van der Waals surface area contributed by atoms with E-state index in [0.29, 0.717) is 48.5 Å². The number of carbonyl (C=O) groups is 2. The molecule has 126 valence electrons. The van der Waals surface area contributed by atoms with Gasteiger partial charge < -0.3 is 19.9 Å². The fourth-order valence-electron chi connectivity index (χ4n) is 2.30. The molecule has 1 aromatic rings. The van der Waals surface area contributed by atoms with Crippen LogP contribution in [0.1, 0.15) is 6.92 Å². The Morgan fingerprint density at radius 1 is 1.09 bits per heavy atom. The Balaban J connectivity index is 1.80. The number of benzene rings is 1. The van der Waals surface area contributed by atoms with Gasteiger partial charge in [-0.15, -0.1) is 0 Å². The molecule has 23 heavy (non-hydrogen) atoms. The number of nitrogens with zero attached hydrogens (tertiary/aromatic N) is 2. The number of anilines is 1. The van der Waals surface area contributed by atoms with Crippen molar-refractivity contribution in [1.82, 2.24) is 9.80 Å². The summed E-state index contributed by atoms with van der Waals surface area (Å²) >= 11 is 11.8. The van der Waals surface area contributed by atoms with Crippen LogP contribution in [-0.4, -0.2) is 61.1 Å². The van der Waals surface area contributed by atoms with Crippen molar-refractivity contribution in [2.24, 2.45) is 0 Å². The second kappa shape index (κ2) is 8.26. The summed E-state index contributed by atoms with van der Waals surface area (Å²) in [7, 11) is 0. The quantitative estimate of drug-likeness (QED) is 0.897. The minimum absolute atomic E-state index is 0.0374. The van der Waals surface area contributed by atoms with Gasteiger partial charge in [0.2, 0.25) is 5.91 Å². The third kappa shape index (κ3) is 5.18. The fourth-order valence-corrected chi connectivity index (χ4v) is 2.82. The lowest BCUT2D eigenvalue weighted by molar-refractivity contribution is -0.130. The van der Waals surface area contributed by atoms with E-state index in [1.807, 2.05) is 0 Å². The minimum atomic E-state index is -0.328. The number of halogens is 2. The third-order valence-corrected chi connectivity index (χ3v) is 3.90. The molecule has 1 N–H and O–H groups in total. The molecule has 2 rings (SSSR count). The van der Waals surface area contributed by atoms with Crippen LogP contribution < -0.4 is 5.32 Å².